The Balaban J connectivity index is 1.85. The summed E-state index contributed by atoms with van der Waals surface area (Å²) in [5.41, 5.74) is 0.776. The first-order valence-electron chi connectivity index (χ1n) is 5.59. The predicted molar refractivity (Wildman–Crippen MR) is 76.7 cm³/mol. The number of thiazole rings is 1. The third-order valence-corrected chi connectivity index (χ3v) is 4.07. The Morgan fingerprint density at radius 2 is 2.24 bits per heavy atom. The van der Waals surface area contributed by atoms with E-state index in [9.17, 15) is 19.7 Å². The highest BCUT2D eigenvalue weighted by molar-refractivity contribution is 7.17. The van der Waals surface area contributed by atoms with E-state index in [2.05, 4.69) is 10.3 Å². The molecule has 2 rings (SSSR count). The summed E-state index contributed by atoms with van der Waals surface area (Å²) in [6.07, 6.45) is 0. The first-order valence-corrected chi connectivity index (χ1v) is 7.28. The minimum atomic E-state index is -0.779. The monoisotopic (exact) mass is 327 g/mol. The molecule has 0 atom stereocenters. The molecule has 10 heteroatoms. The smallest absolute Gasteiger partial charge is 0.349 e. The van der Waals surface area contributed by atoms with Gasteiger partial charge in [-0.2, -0.15) is 0 Å². The third kappa shape index (κ3) is 4.07. The standard InChI is InChI=1S/C11H9N3O5S2/c1-6-5-20-11(12-6)13-8(15)4-19-10(16)7-2-3-9(21-7)14(17)18/h2-3,5H,4H2,1H3,(H,12,13,15). The van der Waals surface area contributed by atoms with Crippen molar-refractivity contribution in [2.24, 2.45) is 0 Å². The average Bonchev–Trinajstić information content (AvgIpc) is 3.05. The topological polar surface area (TPSA) is 111 Å². The number of ether oxygens (including phenoxy) is 1. The number of carbonyl (C=O) groups is 2. The van der Waals surface area contributed by atoms with Gasteiger partial charge in [-0.25, -0.2) is 9.78 Å². The summed E-state index contributed by atoms with van der Waals surface area (Å²) in [7, 11) is 0. The van der Waals surface area contributed by atoms with Crippen molar-refractivity contribution in [1.82, 2.24) is 4.98 Å². The van der Waals surface area contributed by atoms with E-state index in [1.807, 2.05) is 0 Å². The number of hydrogen-bond acceptors (Lipinski definition) is 8. The number of nitro groups is 1. The maximum Gasteiger partial charge on any atom is 0.349 e. The molecule has 0 spiro atoms. The number of rotatable bonds is 5. The quantitative estimate of drug-likeness (QED) is 0.512. The van der Waals surface area contributed by atoms with E-state index in [0.717, 1.165) is 5.69 Å². The minimum Gasteiger partial charge on any atom is -0.451 e. The Bertz CT molecular complexity index is 694. The zero-order valence-corrected chi connectivity index (χ0v) is 12.3. The van der Waals surface area contributed by atoms with E-state index in [1.165, 1.54) is 23.5 Å². The molecule has 1 amide bonds. The van der Waals surface area contributed by atoms with Crippen LogP contribution in [-0.4, -0.2) is 28.4 Å². The van der Waals surface area contributed by atoms with Gasteiger partial charge in [-0.3, -0.25) is 20.2 Å². The largest absolute Gasteiger partial charge is 0.451 e. The van der Waals surface area contributed by atoms with E-state index in [4.69, 9.17) is 4.74 Å². The third-order valence-electron chi connectivity index (χ3n) is 2.17. The molecule has 1 N–H and O–H groups in total. The molecule has 0 aromatic carbocycles. The summed E-state index contributed by atoms with van der Waals surface area (Å²) in [5, 5.41) is 15.0. The summed E-state index contributed by atoms with van der Waals surface area (Å²) in [5.74, 6) is -1.30. The lowest BCUT2D eigenvalue weighted by Gasteiger charge is -2.02. The average molecular weight is 327 g/mol. The second-order valence-electron chi connectivity index (χ2n) is 3.81. The lowest BCUT2D eigenvalue weighted by Crippen LogP contribution is -2.20. The van der Waals surface area contributed by atoms with Gasteiger partial charge in [-0.1, -0.05) is 11.3 Å². The molecule has 2 heterocycles. The number of nitrogens with one attached hydrogen (secondary N) is 1. The SMILES string of the molecule is Cc1csc(NC(=O)COC(=O)c2ccc([N+](=O)[O-])s2)n1. The van der Waals surface area contributed by atoms with Gasteiger partial charge in [-0.05, 0) is 13.0 Å². The van der Waals surface area contributed by atoms with Crippen LogP contribution in [0.2, 0.25) is 0 Å². The molecule has 2 aromatic rings. The molecule has 0 aliphatic rings. The van der Waals surface area contributed by atoms with Gasteiger partial charge in [0, 0.05) is 11.4 Å². The second-order valence-corrected chi connectivity index (χ2v) is 5.73. The Morgan fingerprint density at radius 1 is 1.48 bits per heavy atom. The lowest BCUT2D eigenvalue weighted by molar-refractivity contribution is -0.380. The first-order chi connectivity index (χ1) is 9.95. The Labute approximate surface area is 126 Å². The van der Waals surface area contributed by atoms with Crippen LogP contribution in [0.15, 0.2) is 17.5 Å². The van der Waals surface area contributed by atoms with Gasteiger partial charge in [0.1, 0.15) is 4.88 Å². The fraction of sp³-hybridized carbons (Fsp3) is 0.182. The summed E-state index contributed by atoms with van der Waals surface area (Å²) in [6.45, 7) is 1.30. The van der Waals surface area contributed by atoms with Gasteiger partial charge in [-0.15, -0.1) is 11.3 Å². The predicted octanol–water partition coefficient (Wildman–Crippen LogP) is 2.22. The van der Waals surface area contributed by atoms with Crippen LogP contribution in [0.25, 0.3) is 0 Å². The van der Waals surface area contributed by atoms with Crippen LogP contribution < -0.4 is 5.32 Å². The van der Waals surface area contributed by atoms with Gasteiger partial charge >= 0.3 is 11.0 Å². The van der Waals surface area contributed by atoms with Crippen LogP contribution in [0.3, 0.4) is 0 Å². The van der Waals surface area contributed by atoms with Crippen LogP contribution >= 0.6 is 22.7 Å². The Kier molecular flexibility index (Phi) is 4.60. The first kappa shape index (κ1) is 15.1. The van der Waals surface area contributed by atoms with Crippen molar-refractivity contribution in [3.05, 3.63) is 38.2 Å². The molecule has 0 aliphatic carbocycles. The van der Waals surface area contributed by atoms with Crippen molar-refractivity contribution in [1.29, 1.82) is 0 Å². The molecule has 0 bridgehead atoms. The summed E-state index contributed by atoms with van der Waals surface area (Å²) in [6, 6.07) is 2.49. The highest BCUT2D eigenvalue weighted by Gasteiger charge is 2.17. The van der Waals surface area contributed by atoms with Gasteiger partial charge in [0.2, 0.25) is 0 Å². The highest BCUT2D eigenvalue weighted by Crippen LogP contribution is 2.24. The van der Waals surface area contributed by atoms with E-state index in [-0.39, 0.29) is 9.88 Å². The molecule has 2 aromatic heterocycles. The van der Waals surface area contributed by atoms with Crippen LogP contribution in [0.4, 0.5) is 10.1 Å². The molecule has 8 nitrogen and oxygen atoms in total. The van der Waals surface area contributed by atoms with E-state index < -0.39 is 23.4 Å². The zero-order valence-electron chi connectivity index (χ0n) is 10.7. The molecule has 0 unspecified atom stereocenters. The number of carbonyl (C=O) groups excluding carboxylic acids is 2. The number of amides is 1. The van der Waals surface area contributed by atoms with E-state index >= 15 is 0 Å². The van der Waals surface area contributed by atoms with Crippen molar-refractivity contribution in [2.75, 3.05) is 11.9 Å². The van der Waals surface area contributed by atoms with E-state index in [0.29, 0.717) is 16.5 Å². The summed E-state index contributed by atoms with van der Waals surface area (Å²) < 4.78 is 4.78. The van der Waals surface area contributed by atoms with Crippen LogP contribution in [0.1, 0.15) is 15.4 Å². The normalized spacial score (nSPS) is 10.1. The van der Waals surface area contributed by atoms with Gasteiger partial charge in [0.25, 0.3) is 5.91 Å². The highest BCUT2D eigenvalue weighted by atomic mass is 32.1. The Hall–Kier alpha value is -2.33. The number of thiophene rings is 1. The van der Waals surface area contributed by atoms with Gasteiger partial charge in [0.05, 0.1) is 10.6 Å². The lowest BCUT2D eigenvalue weighted by atomic mass is 10.5. The number of anilines is 1. The fourth-order valence-corrected chi connectivity index (χ4v) is 2.72. The number of hydrogen-bond donors (Lipinski definition) is 1. The number of esters is 1. The molecule has 0 saturated carbocycles. The van der Waals surface area contributed by atoms with Crippen molar-refractivity contribution in [3.63, 3.8) is 0 Å². The van der Waals surface area contributed by atoms with Crippen molar-refractivity contribution < 1.29 is 19.2 Å². The van der Waals surface area contributed by atoms with Crippen LogP contribution in [0, 0.1) is 17.0 Å². The second kappa shape index (κ2) is 6.41. The molecule has 0 radical (unpaired) electrons. The van der Waals surface area contributed by atoms with Crippen molar-refractivity contribution in [2.45, 2.75) is 6.92 Å². The van der Waals surface area contributed by atoms with Crippen LogP contribution in [-0.2, 0) is 9.53 Å². The maximum atomic E-state index is 11.6. The number of nitrogens with zero attached hydrogens (tertiary/aromatic N) is 2. The molecule has 21 heavy (non-hydrogen) atoms. The fourth-order valence-electron chi connectivity index (χ4n) is 1.30. The molecule has 0 fully saturated rings. The molecular formula is C11H9N3O5S2. The maximum absolute atomic E-state index is 11.6. The summed E-state index contributed by atoms with van der Waals surface area (Å²) >= 11 is 1.95. The van der Waals surface area contributed by atoms with Crippen molar-refractivity contribution in [3.8, 4) is 0 Å². The minimum absolute atomic E-state index is 0.0691. The Morgan fingerprint density at radius 3 is 2.81 bits per heavy atom. The van der Waals surface area contributed by atoms with E-state index in [1.54, 1.807) is 12.3 Å². The number of aryl methyl sites for hydroxylation is 1. The molecule has 0 aliphatic heterocycles. The summed E-state index contributed by atoms with van der Waals surface area (Å²) in [4.78, 5) is 37.2. The molecule has 110 valence electrons. The van der Waals surface area contributed by atoms with Crippen molar-refractivity contribution >= 4 is 44.7 Å². The zero-order chi connectivity index (χ0) is 15.4. The molecule has 0 saturated heterocycles. The van der Waals surface area contributed by atoms with Gasteiger partial charge < -0.3 is 4.74 Å². The number of aromatic nitrogens is 1. The van der Waals surface area contributed by atoms with Crippen LogP contribution in [0.5, 0.6) is 0 Å². The molecular weight excluding hydrogens is 318 g/mol. The van der Waals surface area contributed by atoms with Gasteiger partial charge in [0.15, 0.2) is 11.7 Å².